The molecule has 1 aliphatic heterocycles. The van der Waals surface area contributed by atoms with Crippen molar-refractivity contribution in [3.05, 3.63) is 47.4 Å². The summed E-state index contributed by atoms with van der Waals surface area (Å²) in [4.78, 5) is 25.9. The van der Waals surface area contributed by atoms with Crippen LogP contribution in [-0.2, 0) is 0 Å². The molecule has 1 aromatic carbocycles. The van der Waals surface area contributed by atoms with E-state index in [2.05, 4.69) is 14.9 Å². The molecular formula is C19H24N4O2. The van der Waals surface area contributed by atoms with Gasteiger partial charge in [0.15, 0.2) is 0 Å². The molecule has 0 spiro atoms. The summed E-state index contributed by atoms with van der Waals surface area (Å²) in [5.74, 6) is 1.59. The lowest BCUT2D eigenvalue weighted by Crippen LogP contribution is -2.49. The van der Waals surface area contributed by atoms with Crippen LogP contribution in [0.15, 0.2) is 30.5 Å². The minimum atomic E-state index is 0.0238. The topological polar surface area (TPSA) is 58.6 Å². The number of hydrogen-bond acceptors (Lipinski definition) is 5. The van der Waals surface area contributed by atoms with Crippen molar-refractivity contribution in [3.8, 4) is 5.75 Å². The van der Waals surface area contributed by atoms with Crippen LogP contribution in [0, 0.1) is 13.8 Å². The number of nitrogens with zero attached hydrogens (tertiary/aromatic N) is 4. The summed E-state index contributed by atoms with van der Waals surface area (Å²) < 4.78 is 5.59. The quantitative estimate of drug-likeness (QED) is 0.856. The summed E-state index contributed by atoms with van der Waals surface area (Å²) in [6.45, 7) is 9.21. The Morgan fingerprint density at radius 3 is 2.60 bits per heavy atom. The van der Waals surface area contributed by atoms with Gasteiger partial charge < -0.3 is 14.5 Å². The van der Waals surface area contributed by atoms with Crippen molar-refractivity contribution in [1.82, 2.24) is 14.9 Å². The molecule has 3 rings (SSSR count). The van der Waals surface area contributed by atoms with E-state index in [-0.39, 0.29) is 5.91 Å². The van der Waals surface area contributed by atoms with Gasteiger partial charge in [-0.2, -0.15) is 0 Å². The Bertz CT molecular complexity index is 755. The van der Waals surface area contributed by atoms with Crippen molar-refractivity contribution >= 4 is 11.7 Å². The first kappa shape index (κ1) is 17.2. The lowest BCUT2D eigenvalue weighted by molar-refractivity contribution is 0.0742. The third-order valence-electron chi connectivity index (χ3n) is 4.33. The number of piperazine rings is 1. The number of para-hydroxylation sites is 1. The average molecular weight is 340 g/mol. The molecule has 132 valence electrons. The summed E-state index contributed by atoms with van der Waals surface area (Å²) in [6.07, 6.45) is 1.78. The van der Waals surface area contributed by atoms with Crippen LogP contribution in [0.2, 0.25) is 0 Å². The highest BCUT2D eigenvalue weighted by Crippen LogP contribution is 2.22. The Kier molecular flexibility index (Phi) is 5.16. The Morgan fingerprint density at radius 1 is 1.16 bits per heavy atom. The van der Waals surface area contributed by atoms with Crippen LogP contribution >= 0.6 is 0 Å². The van der Waals surface area contributed by atoms with E-state index in [4.69, 9.17) is 4.74 Å². The molecule has 1 saturated heterocycles. The maximum Gasteiger partial charge on any atom is 0.257 e. The molecule has 25 heavy (non-hydrogen) atoms. The maximum atomic E-state index is 12.9. The number of amides is 1. The minimum Gasteiger partial charge on any atom is -0.493 e. The molecular weight excluding hydrogens is 316 g/mol. The summed E-state index contributed by atoms with van der Waals surface area (Å²) >= 11 is 0. The van der Waals surface area contributed by atoms with Gasteiger partial charge in [-0.05, 0) is 32.9 Å². The molecule has 1 aromatic heterocycles. The predicted molar refractivity (Wildman–Crippen MR) is 97.2 cm³/mol. The molecule has 6 heteroatoms. The highest BCUT2D eigenvalue weighted by atomic mass is 16.5. The van der Waals surface area contributed by atoms with Gasteiger partial charge in [-0.25, -0.2) is 4.98 Å². The van der Waals surface area contributed by atoms with Crippen molar-refractivity contribution in [1.29, 1.82) is 0 Å². The number of aromatic nitrogens is 2. The first-order valence-corrected chi connectivity index (χ1v) is 8.66. The molecule has 0 radical (unpaired) electrons. The van der Waals surface area contributed by atoms with E-state index in [1.54, 1.807) is 6.20 Å². The van der Waals surface area contributed by atoms with E-state index >= 15 is 0 Å². The summed E-state index contributed by atoms with van der Waals surface area (Å²) in [6, 6.07) is 7.44. The number of carbonyl (C=O) groups excluding carboxylic acids is 1. The van der Waals surface area contributed by atoms with Gasteiger partial charge in [0.25, 0.3) is 5.91 Å². The molecule has 1 aliphatic rings. The Balaban J connectivity index is 1.70. The van der Waals surface area contributed by atoms with E-state index in [9.17, 15) is 4.79 Å². The predicted octanol–water partition coefficient (Wildman–Crippen LogP) is 2.45. The molecule has 2 heterocycles. The van der Waals surface area contributed by atoms with Gasteiger partial charge in [-0.15, -0.1) is 0 Å². The molecule has 0 N–H and O–H groups in total. The zero-order valence-corrected chi connectivity index (χ0v) is 15.0. The first-order valence-electron chi connectivity index (χ1n) is 8.66. The molecule has 0 atom stereocenters. The highest BCUT2D eigenvalue weighted by Gasteiger charge is 2.25. The lowest BCUT2D eigenvalue weighted by Gasteiger charge is -2.36. The number of anilines is 1. The van der Waals surface area contributed by atoms with Gasteiger partial charge in [0, 0.05) is 32.4 Å². The Morgan fingerprint density at radius 2 is 1.88 bits per heavy atom. The van der Waals surface area contributed by atoms with E-state index in [1.165, 1.54) is 0 Å². The summed E-state index contributed by atoms with van der Waals surface area (Å²) in [5, 5.41) is 0. The van der Waals surface area contributed by atoms with Crippen molar-refractivity contribution < 1.29 is 9.53 Å². The number of rotatable bonds is 4. The van der Waals surface area contributed by atoms with E-state index < -0.39 is 0 Å². The minimum absolute atomic E-state index is 0.0238. The van der Waals surface area contributed by atoms with Crippen molar-refractivity contribution in [2.24, 2.45) is 0 Å². The molecule has 0 bridgehead atoms. The molecule has 0 aliphatic carbocycles. The highest BCUT2D eigenvalue weighted by molar-refractivity contribution is 5.97. The largest absolute Gasteiger partial charge is 0.493 e. The van der Waals surface area contributed by atoms with E-state index in [1.807, 2.05) is 49.9 Å². The van der Waals surface area contributed by atoms with Gasteiger partial charge in [-0.1, -0.05) is 12.1 Å². The van der Waals surface area contributed by atoms with E-state index in [0.29, 0.717) is 31.0 Å². The molecule has 1 fully saturated rings. The van der Waals surface area contributed by atoms with Gasteiger partial charge in [0.2, 0.25) is 0 Å². The van der Waals surface area contributed by atoms with E-state index in [0.717, 1.165) is 30.3 Å². The number of ether oxygens (including phenoxy) is 1. The lowest BCUT2D eigenvalue weighted by atomic mass is 10.1. The Hall–Kier alpha value is -2.63. The molecule has 6 nitrogen and oxygen atoms in total. The zero-order chi connectivity index (χ0) is 17.8. The number of benzene rings is 1. The van der Waals surface area contributed by atoms with Crippen LogP contribution in [0.1, 0.15) is 28.7 Å². The first-order chi connectivity index (χ1) is 12.1. The van der Waals surface area contributed by atoms with Gasteiger partial charge in [0.1, 0.15) is 11.6 Å². The van der Waals surface area contributed by atoms with Crippen molar-refractivity contribution in [2.45, 2.75) is 20.8 Å². The van der Waals surface area contributed by atoms with Crippen LogP contribution in [-0.4, -0.2) is 53.6 Å². The standard InChI is InChI=1S/C19H24N4O2/c1-4-25-17-8-6-5-7-16(17)19(24)23-11-9-22(10-12-23)18-15(3)20-13-14(2)21-18/h5-8,13H,4,9-12H2,1-3H3. The second kappa shape index (κ2) is 7.51. The fourth-order valence-electron chi connectivity index (χ4n) is 3.04. The summed E-state index contributed by atoms with van der Waals surface area (Å²) in [5.41, 5.74) is 2.46. The van der Waals surface area contributed by atoms with Gasteiger partial charge in [-0.3, -0.25) is 9.78 Å². The maximum absolute atomic E-state index is 12.9. The Labute approximate surface area is 148 Å². The summed E-state index contributed by atoms with van der Waals surface area (Å²) in [7, 11) is 0. The normalized spacial score (nSPS) is 14.5. The van der Waals surface area contributed by atoms with Crippen LogP contribution in [0.3, 0.4) is 0 Å². The van der Waals surface area contributed by atoms with Gasteiger partial charge in [0.05, 0.1) is 23.6 Å². The van der Waals surface area contributed by atoms with Crippen LogP contribution < -0.4 is 9.64 Å². The van der Waals surface area contributed by atoms with Crippen LogP contribution in [0.25, 0.3) is 0 Å². The number of hydrogen-bond donors (Lipinski definition) is 0. The number of carbonyl (C=O) groups is 1. The third kappa shape index (κ3) is 3.73. The fraction of sp³-hybridized carbons (Fsp3) is 0.421. The second-order valence-corrected chi connectivity index (χ2v) is 6.13. The fourth-order valence-corrected chi connectivity index (χ4v) is 3.04. The molecule has 2 aromatic rings. The third-order valence-corrected chi connectivity index (χ3v) is 4.33. The zero-order valence-electron chi connectivity index (χ0n) is 15.0. The molecule has 0 unspecified atom stereocenters. The van der Waals surface area contributed by atoms with Crippen LogP contribution in [0.5, 0.6) is 5.75 Å². The average Bonchev–Trinajstić information content (AvgIpc) is 2.64. The molecule has 0 saturated carbocycles. The molecule has 1 amide bonds. The monoisotopic (exact) mass is 340 g/mol. The van der Waals surface area contributed by atoms with Crippen molar-refractivity contribution in [2.75, 3.05) is 37.7 Å². The smallest absolute Gasteiger partial charge is 0.257 e. The van der Waals surface area contributed by atoms with Gasteiger partial charge >= 0.3 is 0 Å². The van der Waals surface area contributed by atoms with Crippen molar-refractivity contribution in [3.63, 3.8) is 0 Å². The number of aryl methyl sites for hydroxylation is 2. The van der Waals surface area contributed by atoms with Crippen LogP contribution in [0.4, 0.5) is 5.82 Å². The SMILES string of the molecule is CCOc1ccccc1C(=O)N1CCN(c2nc(C)cnc2C)CC1. The second-order valence-electron chi connectivity index (χ2n) is 6.13.